The van der Waals surface area contributed by atoms with Crippen molar-refractivity contribution in [1.29, 1.82) is 0 Å². The third-order valence-electron chi connectivity index (χ3n) is 2.36. The van der Waals surface area contributed by atoms with Crippen LogP contribution in [0.3, 0.4) is 0 Å². The Morgan fingerprint density at radius 2 is 2.43 bits per heavy atom. The third-order valence-corrected chi connectivity index (χ3v) is 3.27. The van der Waals surface area contributed by atoms with Crippen LogP contribution >= 0.6 is 11.8 Å². The highest BCUT2D eigenvalue weighted by atomic mass is 32.2. The lowest BCUT2D eigenvalue weighted by atomic mass is 10.1. The first-order valence-corrected chi connectivity index (χ1v) is 6.57. The first-order valence-electron chi connectivity index (χ1n) is 5.18. The molecular formula is C10H21NO2S. The molecule has 84 valence electrons. The maximum Gasteiger partial charge on any atom is 0.0833 e. The highest BCUT2D eigenvalue weighted by Crippen LogP contribution is 2.12. The molecule has 0 amide bonds. The summed E-state index contributed by atoms with van der Waals surface area (Å²) in [4.78, 5) is 0. The van der Waals surface area contributed by atoms with Crippen molar-refractivity contribution in [1.82, 2.24) is 5.32 Å². The molecule has 2 unspecified atom stereocenters. The van der Waals surface area contributed by atoms with Crippen LogP contribution in [0.25, 0.3) is 0 Å². The molecule has 2 N–H and O–H groups in total. The van der Waals surface area contributed by atoms with Crippen LogP contribution in [-0.4, -0.2) is 48.5 Å². The first-order chi connectivity index (χ1) is 6.64. The molecule has 0 aromatic rings. The lowest BCUT2D eigenvalue weighted by Crippen LogP contribution is -2.42. The predicted octanol–water partition coefficient (Wildman–Crippen LogP) is 0.869. The minimum Gasteiger partial charge on any atom is -0.388 e. The van der Waals surface area contributed by atoms with Crippen LogP contribution in [-0.2, 0) is 4.74 Å². The molecule has 0 radical (unpaired) electrons. The van der Waals surface area contributed by atoms with Crippen LogP contribution in [0.4, 0.5) is 0 Å². The summed E-state index contributed by atoms with van der Waals surface area (Å²) in [6.45, 7) is 4.28. The molecule has 0 bridgehead atoms. The number of aliphatic hydroxyl groups is 1. The van der Waals surface area contributed by atoms with Gasteiger partial charge >= 0.3 is 0 Å². The monoisotopic (exact) mass is 219 g/mol. The van der Waals surface area contributed by atoms with Gasteiger partial charge in [-0.1, -0.05) is 0 Å². The fourth-order valence-corrected chi connectivity index (χ4v) is 2.39. The van der Waals surface area contributed by atoms with Crippen molar-refractivity contribution < 1.29 is 9.84 Å². The molecule has 0 spiro atoms. The van der Waals surface area contributed by atoms with Crippen LogP contribution in [0.5, 0.6) is 0 Å². The molecule has 14 heavy (non-hydrogen) atoms. The van der Waals surface area contributed by atoms with E-state index in [0.29, 0.717) is 12.6 Å². The maximum absolute atomic E-state index is 9.86. The summed E-state index contributed by atoms with van der Waals surface area (Å²) in [6, 6.07) is 0. The van der Waals surface area contributed by atoms with Gasteiger partial charge in [0.25, 0.3) is 0 Å². The molecule has 1 saturated heterocycles. The van der Waals surface area contributed by atoms with Crippen molar-refractivity contribution >= 4 is 11.8 Å². The van der Waals surface area contributed by atoms with Gasteiger partial charge in [0.05, 0.1) is 11.7 Å². The summed E-state index contributed by atoms with van der Waals surface area (Å²) < 4.78 is 5.48. The van der Waals surface area contributed by atoms with Gasteiger partial charge in [0.2, 0.25) is 0 Å². The molecule has 1 rings (SSSR count). The Kier molecular flexibility index (Phi) is 5.23. The lowest BCUT2D eigenvalue weighted by molar-refractivity contribution is 0.0718. The van der Waals surface area contributed by atoms with Crippen LogP contribution in [0.1, 0.15) is 19.8 Å². The number of hydrogen-bond donors (Lipinski definition) is 2. The molecule has 2 atom stereocenters. The second-order valence-corrected chi connectivity index (χ2v) is 5.06. The molecule has 4 heteroatoms. The fourth-order valence-electron chi connectivity index (χ4n) is 1.67. The number of hydrogen-bond acceptors (Lipinski definition) is 4. The number of thioether (sulfide) groups is 1. The quantitative estimate of drug-likeness (QED) is 0.695. The summed E-state index contributed by atoms with van der Waals surface area (Å²) in [5.41, 5.74) is -0.599. The summed E-state index contributed by atoms with van der Waals surface area (Å²) in [7, 11) is 0. The van der Waals surface area contributed by atoms with E-state index in [2.05, 4.69) is 5.32 Å². The van der Waals surface area contributed by atoms with Gasteiger partial charge in [0.1, 0.15) is 0 Å². The SMILES string of the molecule is CSCC(C)(O)CNCC1CCCO1. The van der Waals surface area contributed by atoms with Gasteiger partial charge in [-0.2, -0.15) is 11.8 Å². The summed E-state index contributed by atoms with van der Waals surface area (Å²) in [5.74, 6) is 0.769. The Bertz CT molecular complexity index is 158. The van der Waals surface area contributed by atoms with E-state index in [9.17, 15) is 5.11 Å². The van der Waals surface area contributed by atoms with E-state index in [-0.39, 0.29) is 0 Å². The fraction of sp³-hybridized carbons (Fsp3) is 1.00. The second-order valence-electron chi connectivity index (χ2n) is 4.20. The van der Waals surface area contributed by atoms with E-state index in [0.717, 1.165) is 25.3 Å². The highest BCUT2D eigenvalue weighted by molar-refractivity contribution is 7.98. The Morgan fingerprint density at radius 1 is 1.64 bits per heavy atom. The first kappa shape index (κ1) is 12.3. The zero-order valence-electron chi connectivity index (χ0n) is 9.08. The molecule has 3 nitrogen and oxygen atoms in total. The minimum absolute atomic E-state index is 0.361. The van der Waals surface area contributed by atoms with Gasteiger partial charge in [-0.15, -0.1) is 0 Å². The van der Waals surface area contributed by atoms with Crippen molar-refractivity contribution in [2.24, 2.45) is 0 Å². The highest BCUT2D eigenvalue weighted by Gasteiger charge is 2.20. The Hall–Kier alpha value is 0.230. The Morgan fingerprint density at radius 3 is 3.00 bits per heavy atom. The zero-order chi connectivity index (χ0) is 10.4. The van der Waals surface area contributed by atoms with E-state index >= 15 is 0 Å². The van der Waals surface area contributed by atoms with Crippen molar-refractivity contribution in [2.75, 3.05) is 31.7 Å². The van der Waals surface area contributed by atoms with Gasteiger partial charge in [-0.25, -0.2) is 0 Å². The van der Waals surface area contributed by atoms with Crippen molar-refractivity contribution in [3.63, 3.8) is 0 Å². The molecule has 0 aromatic heterocycles. The normalized spacial score (nSPS) is 26.4. The molecule has 1 fully saturated rings. The number of ether oxygens (including phenoxy) is 1. The predicted molar refractivity (Wildman–Crippen MR) is 60.8 cm³/mol. The maximum atomic E-state index is 9.86. The van der Waals surface area contributed by atoms with Crippen LogP contribution in [0, 0.1) is 0 Å². The molecular weight excluding hydrogens is 198 g/mol. The average molecular weight is 219 g/mol. The summed E-state index contributed by atoms with van der Waals surface area (Å²) in [5, 5.41) is 13.1. The second kappa shape index (κ2) is 5.95. The van der Waals surface area contributed by atoms with Gasteiger partial charge in [-0.3, -0.25) is 0 Å². The molecule has 0 aromatic carbocycles. The molecule has 0 saturated carbocycles. The summed E-state index contributed by atoms with van der Waals surface area (Å²) >= 11 is 1.67. The van der Waals surface area contributed by atoms with Crippen molar-refractivity contribution in [2.45, 2.75) is 31.5 Å². The van der Waals surface area contributed by atoms with Gasteiger partial charge < -0.3 is 15.2 Å². The number of rotatable bonds is 6. The van der Waals surface area contributed by atoms with E-state index in [4.69, 9.17) is 4.74 Å². The van der Waals surface area contributed by atoms with E-state index in [1.807, 2.05) is 13.2 Å². The van der Waals surface area contributed by atoms with Crippen LogP contribution in [0.15, 0.2) is 0 Å². The molecule has 1 heterocycles. The minimum atomic E-state index is -0.599. The van der Waals surface area contributed by atoms with E-state index < -0.39 is 5.60 Å². The van der Waals surface area contributed by atoms with Gasteiger partial charge in [0, 0.05) is 25.4 Å². The van der Waals surface area contributed by atoms with Crippen molar-refractivity contribution in [3.8, 4) is 0 Å². The van der Waals surface area contributed by atoms with E-state index in [1.165, 1.54) is 6.42 Å². The number of nitrogens with one attached hydrogen (secondary N) is 1. The standard InChI is InChI=1S/C10H21NO2S/c1-10(12,8-14-2)7-11-6-9-4-3-5-13-9/h9,11-12H,3-8H2,1-2H3. The smallest absolute Gasteiger partial charge is 0.0833 e. The Balaban J connectivity index is 2.07. The van der Waals surface area contributed by atoms with Crippen LogP contribution < -0.4 is 5.32 Å². The molecule has 1 aliphatic rings. The topological polar surface area (TPSA) is 41.5 Å². The zero-order valence-corrected chi connectivity index (χ0v) is 9.90. The van der Waals surface area contributed by atoms with Gasteiger partial charge in [0.15, 0.2) is 0 Å². The van der Waals surface area contributed by atoms with Crippen molar-refractivity contribution in [3.05, 3.63) is 0 Å². The average Bonchev–Trinajstić information content (AvgIpc) is 2.56. The third kappa shape index (κ3) is 4.64. The van der Waals surface area contributed by atoms with Gasteiger partial charge in [-0.05, 0) is 26.0 Å². The summed E-state index contributed by atoms with van der Waals surface area (Å²) in [6.07, 6.45) is 4.69. The Labute approximate surface area is 90.6 Å². The lowest BCUT2D eigenvalue weighted by Gasteiger charge is -2.23. The van der Waals surface area contributed by atoms with E-state index in [1.54, 1.807) is 11.8 Å². The largest absolute Gasteiger partial charge is 0.388 e. The molecule has 0 aliphatic carbocycles. The molecule has 1 aliphatic heterocycles. The van der Waals surface area contributed by atoms with Crippen LogP contribution in [0.2, 0.25) is 0 Å².